The third-order valence-corrected chi connectivity index (χ3v) is 9.86. The van der Waals surface area contributed by atoms with Gasteiger partial charge in [0, 0.05) is 42.0 Å². The Morgan fingerprint density at radius 1 is 1.10 bits per heavy atom. The molecule has 1 saturated heterocycles. The Morgan fingerprint density at radius 3 is 2.59 bits per heavy atom. The summed E-state index contributed by atoms with van der Waals surface area (Å²) in [6, 6.07) is 8.94. The van der Waals surface area contributed by atoms with Gasteiger partial charge in [0.05, 0.1) is 27.7 Å². The number of nitrogens with zero attached hydrogens (tertiary/aromatic N) is 3. The number of aromatic nitrogens is 2. The van der Waals surface area contributed by atoms with Crippen LogP contribution in [0.15, 0.2) is 70.4 Å². The van der Waals surface area contributed by atoms with Gasteiger partial charge in [0.15, 0.2) is 0 Å². The number of sulfone groups is 1. The van der Waals surface area contributed by atoms with Crippen LogP contribution in [0.1, 0.15) is 24.1 Å². The SMILES string of the molecule is NC(=O)C1CC2(S(=O)(=O)c3cc4cc(F)ccc4o3)CC2N1Cc1cc(-c2ccc(C(F)(F)F)cn2)ccn1. The molecule has 3 aromatic heterocycles. The van der Waals surface area contributed by atoms with E-state index in [1.807, 2.05) is 0 Å². The Morgan fingerprint density at radius 2 is 1.90 bits per heavy atom. The largest absolute Gasteiger partial charge is 0.445 e. The Kier molecular flexibility index (Phi) is 5.60. The van der Waals surface area contributed by atoms with Crippen LogP contribution in [0.5, 0.6) is 0 Å². The minimum atomic E-state index is -4.51. The normalized spacial score (nSPS) is 23.2. The molecule has 0 bridgehead atoms. The van der Waals surface area contributed by atoms with Crippen LogP contribution in [0.25, 0.3) is 22.2 Å². The maximum atomic E-state index is 13.7. The van der Waals surface area contributed by atoms with Gasteiger partial charge >= 0.3 is 6.18 Å². The highest BCUT2D eigenvalue weighted by Gasteiger charge is 2.73. The number of furan rings is 1. The molecule has 2 fully saturated rings. The predicted molar refractivity (Wildman–Crippen MR) is 130 cm³/mol. The number of benzene rings is 1. The van der Waals surface area contributed by atoms with Gasteiger partial charge in [-0.2, -0.15) is 13.2 Å². The molecule has 6 rings (SSSR count). The minimum Gasteiger partial charge on any atom is -0.445 e. The summed E-state index contributed by atoms with van der Waals surface area (Å²) in [7, 11) is -4.06. The van der Waals surface area contributed by atoms with Crippen molar-refractivity contribution in [1.29, 1.82) is 0 Å². The average molecular weight is 561 g/mol. The zero-order chi connectivity index (χ0) is 27.7. The number of carbonyl (C=O) groups is 1. The van der Waals surface area contributed by atoms with E-state index in [9.17, 15) is 30.8 Å². The second-order valence-corrected chi connectivity index (χ2v) is 12.0. The highest BCUT2D eigenvalue weighted by atomic mass is 32.2. The summed E-state index contributed by atoms with van der Waals surface area (Å²) in [5, 5.41) is 0.00513. The number of piperidine rings is 1. The molecule has 3 unspecified atom stereocenters. The summed E-state index contributed by atoms with van der Waals surface area (Å²) >= 11 is 0. The fraction of sp³-hybridized carbons (Fsp3) is 0.269. The van der Waals surface area contributed by atoms with Crippen molar-refractivity contribution in [3.8, 4) is 11.3 Å². The van der Waals surface area contributed by atoms with Crippen molar-refractivity contribution in [3.63, 3.8) is 0 Å². The Bertz CT molecular complexity index is 1720. The van der Waals surface area contributed by atoms with Crippen LogP contribution in [0.2, 0.25) is 0 Å². The van der Waals surface area contributed by atoms with Crippen molar-refractivity contribution in [2.24, 2.45) is 5.73 Å². The molecule has 39 heavy (non-hydrogen) atoms. The molecule has 1 aliphatic carbocycles. The second kappa shape index (κ2) is 8.58. The van der Waals surface area contributed by atoms with Crippen LogP contribution in [-0.4, -0.2) is 46.0 Å². The summed E-state index contributed by atoms with van der Waals surface area (Å²) in [4.78, 5) is 22.3. The zero-order valence-corrected chi connectivity index (χ0v) is 20.8. The fourth-order valence-electron chi connectivity index (χ4n) is 5.42. The number of fused-ring (bicyclic) bond motifs is 2. The lowest BCUT2D eigenvalue weighted by molar-refractivity contribution is -0.137. The lowest BCUT2D eigenvalue weighted by Crippen LogP contribution is -2.42. The van der Waals surface area contributed by atoms with Crippen molar-refractivity contribution in [2.45, 2.75) is 47.5 Å². The van der Waals surface area contributed by atoms with Gasteiger partial charge in [-0.1, -0.05) is 0 Å². The van der Waals surface area contributed by atoms with Crippen LogP contribution in [0, 0.1) is 5.82 Å². The van der Waals surface area contributed by atoms with E-state index >= 15 is 0 Å². The number of hydrogen-bond acceptors (Lipinski definition) is 7. The predicted octanol–water partition coefficient (Wildman–Crippen LogP) is 4.09. The lowest BCUT2D eigenvalue weighted by Gasteiger charge is -2.24. The highest BCUT2D eigenvalue weighted by Crippen LogP contribution is 2.59. The van der Waals surface area contributed by atoms with E-state index in [1.54, 1.807) is 17.0 Å². The Labute approximate surface area is 219 Å². The molecule has 4 heterocycles. The molecule has 4 aromatic rings. The topological polar surface area (TPSA) is 119 Å². The first-order chi connectivity index (χ1) is 18.4. The first-order valence-corrected chi connectivity index (χ1v) is 13.3. The molecule has 3 atom stereocenters. The third kappa shape index (κ3) is 4.16. The van der Waals surface area contributed by atoms with Gasteiger partial charge in [-0.05, 0) is 55.3 Å². The smallest absolute Gasteiger partial charge is 0.417 e. The van der Waals surface area contributed by atoms with E-state index in [0.717, 1.165) is 12.3 Å². The number of carbonyl (C=O) groups excluding carboxylic acids is 1. The van der Waals surface area contributed by atoms with Crippen molar-refractivity contribution in [1.82, 2.24) is 14.9 Å². The molecule has 8 nitrogen and oxygen atoms in total. The van der Waals surface area contributed by atoms with Crippen LogP contribution in [0.4, 0.5) is 17.6 Å². The molecule has 0 radical (unpaired) electrons. The molecule has 1 saturated carbocycles. The molecule has 2 N–H and O–H groups in total. The molecular weight excluding hydrogens is 540 g/mol. The van der Waals surface area contributed by atoms with Crippen LogP contribution < -0.4 is 5.73 Å². The summed E-state index contributed by atoms with van der Waals surface area (Å²) in [5.74, 6) is -1.22. The van der Waals surface area contributed by atoms with E-state index in [0.29, 0.717) is 22.3 Å². The van der Waals surface area contributed by atoms with Gasteiger partial charge in [0.1, 0.15) is 11.4 Å². The fourth-order valence-corrected chi connectivity index (χ4v) is 7.55. The van der Waals surface area contributed by atoms with Gasteiger partial charge in [-0.3, -0.25) is 19.7 Å². The van der Waals surface area contributed by atoms with E-state index in [-0.39, 0.29) is 30.1 Å². The lowest BCUT2D eigenvalue weighted by atomic mass is 10.1. The quantitative estimate of drug-likeness (QED) is 0.353. The Balaban J connectivity index is 1.28. The number of amides is 1. The third-order valence-electron chi connectivity index (χ3n) is 7.46. The van der Waals surface area contributed by atoms with E-state index < -0.39 is 50.1 Å². The number of rotatable bonds is 6. The van der Waals surface area contributed by atoms with Crippen LogP contribution >= 0.6 is 0 Å². The van der Waals surface area contributed by atoms with E-state index in [1.165, 1.54) is 36.5 Å². The van der Waals surface area contributed by atoms with Crippen molar-refractivity contribution in [3.05, 3.63) is 78.0 Å². The number of likely N-dealkylation sites (tertiary alicyclic amines) is 1. The van der Waals surface area contributed by atoms with E-state index in [2.05, 4.69) is 9.97 Å². The maximum absolute atomic E-state index is 13.7. The van der Waals surface area contributed by atoms with Crippen molar-refractivity contribution >= 4 is 26.7 Å². The minimum absolute atomic E-state index is 0.0408. The molecule has 1 aromatic carbocycles. The summed E-state index contributed by atoms with van der Waals surface area (Å²) in [6.07, 6.45) is -2.10. The van der Waals surface area contributed by atoms with E-state index in [4.69, 9.17) is 10.2 Å². The standard InChI is InChI=1S/C26H20F4N4O4S/c27-17-2-4-21-15(7-17)9-23(38-21)39(36,37)25-10-20(24(31)35)34(22(25)11-25)13-18-8-14(5-6-32-18)19-3-1-16(12-33-19)26(28,29)30/h1-9,12,20,22H,10-11,13H2,(H2,31,35). The molecule has 1 amide bonds. The number of nitrogens with two attached hydrogens (primary N) is 1. The first-order valence-electron chi connectivity index (χ1n) is 11.9. The van der Waals surface area contributed by atoms with Crippen LogP contribution in [0.3, 0.4) is 0 Å². The van der Waals surface area contributed by atoms with Crippen LogP contribution in [-0.2, 0) is 27.4 Å². The second-order valence-electron chi connectivity index (χ2n) is 9.80. The number of hydrogen-bond donors (Lipinski definition) is 1. The summed E-state index contributed by atoms with van der Waals surface area (Å²) in [5.41, 5.74) is 6.26. The van der Waals surface area contributed by atoms with Gasteiger partial charge in [0.25, 0.3) is 0 Å². The van der Waals surface area contributed by atoms with Gasteiger partial charge in [-0.15, -0.1) is 0 Å². The number of alkyl halides is 3. The summed E-state index contributed by atoms with van der Waals surface area (Å²) in [6.45, 7) is 0.0787. The monoisotopic (exact) mass is 560 g/mol. The highest BCUT2D eigenvalue weighted by molar-refractivity contribution is 7.93. The number of pyridine rings is 2. The van der Waals surface area contributed by atoms with Gasteiger partial charge in [0.2, 0.25) is 20.8 Å². The molecule has 1 aliphatic heterocycles. The molecule has 0 spiro atoms. The number of halogens is 4. The summed E-state index contributed by atoms with van der Waals surface area (Å²) < 4.78 is 83.9. The first kappa shape index (κ1) is 25.4. The average Bonchev–Trinajstić information content (AvgIpc) is 3.32. The zero-order valence-electron chi connectivity index (χ0n) is 20.0. The molecular formula is C26H20F4N4O4S. The van der Waals surface area contributed by atoms with Gasteiger partial charge in [-0.25, -0.2) is 12.8 Å². The van der Waals surface area contributed by atoms with Gasteiger partial charge < -0.3 is 10.2 Å². The molecule has 13 heteroatoms. The Hall–Kier alpha value is -3.84. The van der Waals surface area contributed by atoms with Crippen molar-refractivity contribution in [2.75, 3.05) is 0 Å². The molecule has 2 aliphatic rings. The number of primary amides is 1. The van der Waals surface area contributed by atoms with Crippen molar-refractivity contribution < 1.29 is 35.2 Å². The maximum Gasteiger partial charge on any atom is 0.417 e. The molecule has 202 valence electrons.